The highest BCUT2D eigenvalue weighted by atomic mass is 32.3. The molecule has 5 atom stereocenters. The van der Waals surface area contributed by atoms with Crippen LogP contribution in [-0.4, -0.2) is 74.3 Å². The average Bonchev–Trinajstić information content (AvgIpc) is 3.28. The van der Waals surface area contributed by atoms with Crippen molar-refractivity contribution in [2.24, 2.45) is 0 Å². The molecule has 0 saturated carbocycles. The van der Waals surface area contributed by atoms with E-state index in [4.69, 9.17) is 37.3 Å². The van der Waals surface area contributed by atoms with Gasteiger partial charge in [0.15, 0.2) is 23.4 Å². The summed E-state index contributed by atoms with van der Waals surface area (Å²) in [6.45, 7) is 9.99. The molecule has 2 heterocycles. The van der Waals surface area contributed by atoms with E-state index >= 15 is 0 Å². The first-order chi connectivity index (χ1) is 21.4. The van der Waals surface area contributed by atoms with E-state index in [1.807, 2.05) is 0 Å². The number of hydrogen-bond donors (Lipinski definition) is 1. The average molecular weight is 667 g/mol. The summed E-state index contributed by atoms with van der Waals surface area (Å²) < 4.78 is 83.0. The molecule has 46 heavy (non-hydrogen) atoms. The fraction of sp³-hybridized carbons (Fsp3) is 0.484. The molecule has 2 fully saturated rings. The Kier molecular flexibility index (Phi) is 10.7. The summed E-state index contributed by atoms with van der Waals surface area (Å²) in [5.74, 6) is -1.10. The van der Waals surface area contributed by atoms with Gasteiger partial charge in [-0.05, 0) is 83.0 Å². The van der Waals surface area contributed by atoms with E-state index in [9.17, 15) is 22.6 Å². The van der Waals surface area contributed by atoms with Crippen LogP contribution in [-0.2, 0) is 49.7 Å². The minimum atomic E-state index is -4.97. The van der Waals surface area contributed by atoms with Crippen LogP contribution < -0.4 is 14.2 Å². The third-order valence-electron chi connectivity index (χ3n) is 6.55. The van der Waals surface area contributed by atoms with Gasteiger partial charge in [0, 0.05) is 6.08 Å². The maximum atomic E-state index is 12.2. The highest BCUT2D eigenvalue weighted by Crippen LogP contribution is 2.41. The van der Waals surface area contributed by atoms with E-state index in [2.05, 4.69) is 4.74 Å². The fourth-order valence-electron chi connectivity index (χ4n) is 4.69. The van der Waals surface area contributed by atoms with E-state index in [-0.39, 0.29) is 18.1 Å². The Bertz CT molecular complexity index is 1530. The summed E-state index contributed by atoms with van der Waals surface area (Å²) >= 11 is 0. The van der Waals surface area contributed by atoms with E-state index in [1.165, 1.54) is 12.1 Å². The van der Waals surface area contributed by atoms with Gasteiger partial charge in [0.2, 0.25) is 6.29 Å². The third-order valence-corrected chi connectivity index (χ3v) is 7.01. The van der Waals surface area contributed by atoms with Gasteiger partial charge in [0.05, 0.1) is 13.2 Å². The maximum Gasteiger partial charge on any atom is 0.516 e. The monoisotopic (exact) mass is 666 g/mol. The molecule has 15 heteroatoms. The van der Waals surface area contributed by atoms with Gasteiger partial charge in [-0.1, -0.05) is 18.2 Å². The molecule has 0 unspecified atom stereocenters. The zero-order chi connectivity index (χ0) is 33.9. The number of esters is 1. The van der Waals surface area contributed by atoms with Crippen LogP contribution in [0.15, 0.2) is 48.5 Å². The molecule has 0 aliphatic carbocycles. The van der Waals surface area contributed by atoms with Crippen molar-refractivity contribution in [3.05, 3.63) is 59.7 Å². The van der Waals surface area contributed by atoms with Gasteiger partial charge in [-0.15, -0.1) is 0 Å². The lowest BCUT2D eigenvalue weighted by Crippen LogP contribution is -2.58. The molecular weight excluding hydrogens is 628 g/mol. The zero-order valence-electron chi connectivity index (χ0n) is 26.5. The number of ether oxygens (including phenoxy) is 8. The van der Waals surface area contributed by atoms with Crippen molar-refractivity contribution in [1.29, 1.82) is 0 Å². The molecule has 0 amide bonds. The number of methoxy groups -OCH3 is 1. The number of carbonyl (C=O) groups excluding carboxylic acids is 2. The van der Waals surface area contributed by atoms with Crippen LogP contribution in [0.1, 0.15) is 52.7 Å². The van der Waals surface area contributed by atoms with Crippen LogP contribution in [0.3, 0.4) is 0 Å². The molecule has 2 aliphatic heterocycles. The molecule has 1 N–H and O–H groups in total. The molecule has 2 aromatic carbocycles. The Morgan fingerprint density at radius 2 is 1.70 bits per heavy atom. The molecule has 4 rings (SSSR count). The Hall–Kier alpha value is -3.73. The first-order valence-corrected chi connectivity index (χ1v) is 15.6. The van der Waals surface area contributed by atoms with Gasteiger partial charge in [-0.2, -0.15) is 8.42 Å². The summed E-state index contributed by atoms with van der Waals surface area (Å²) in [5.41, 5.74) is 0.397. The van der Waals surface area contributed by atoms with Crippen LogP contribution >= 0.6 is 0 Å². The second-order valence-corrected chi connectivity index (χ2v) is 13.0. The summed E-state index contributed by atoms with van der Waals surface area (Å²) in [6.07, 6.45) is -3.91. The standard InChI is InChI=1S/C31H38O14S/c1-18-25-26(43-31(5,6)42-25)27(45-46(34,35)36)28(39-18)40-22-14-10-19(11-15-24(32)41-29(33)44-30(2,3)4)16-23(22)38-17-20-8-12-21(37-7)13-9-20/h8-16,18,25-28H,17H2,1-7H3,(H,34,35,36)/b15-11+/t18-,25+,26+,27-,28+/m0/s1. The number of carbonyl (C=O) groups is 2. The number of hydrogen-bond acceptors (Lipinski definition) is 13. The van der Waals surface area contributed by atoms with Gasteiger partial charge in [0.25, 0.3) is 0 Å². The van der Waals surface area contributed by atoms with Gasteiger partial charge < -0.3 is 37.9 Å². The lowest BCUT2D eigenvalue weighted by Gasteiger charge is -2.39. The normalized spacial score (nSPS) is 24.2. The van der Waals surface area contributed by atoms with Crippen LogP contribution in [0.4, 0.5) is 4.79 Å². The lowest BCUT2D eigenvalue weighted by atomic mass is 10.00. The topological polar surface area (TPSA) is 172 Å². The van der Waals surface area contributed by atoms with Crippen molar-refractivity contribution in [3.63, 3.8) is 0 Å². The second-order valence-electron chi connectivity index (χ2n) is 11.9. The summed E-state index contributed by atoms with van der Waals surface area (Å²) in [6, 6.07) is 11.8. The zero-order valence-corrected chi connectivity index (χ0v) is 27.3. The lowest BCUT2D eigenvalue weighted by molar-refractivity contribution is -0.237. The molecule has 2 aliphatic rings. The van der Waals surface area contributed by atoms with Crippen LogP contribution in [0.25, 0.3) is 6.08 Å². The van der Waals surface area contributed by atoms with Gasteiger partial charge in [0.1, 0.15) is 30.2 Å². The molecule has 0 bridgehead atoms. The van der Waals surface area contributed by atoms with E-state index < -0.39 is 64.6 Å². The minimum absolute atomic E-state index is 0.0803. The Labute approximate surface area is 267 Å². The van der Waals surface area contributed by atoms with Crippen LogP contribution in [0, 0.1) is 0 Å². The first-order valence-electron chi connectivity index (χ1n) is 14.3. The molecule has 0 spiro atoms. The first kappa shape index (κ1) is 35.1. The molecule has 2 saturated heterocycles. The van der Waals surface area contributed by atoms with Crippen molar-refractivity contribution < 1.29 is 64.6 Å². The third kappa shape index (κ3) is 9.88. The SMILES string of the molecule is COc1ccc(COc2cc(/C=C/C(=O)OC(=O)OC(C)(C)C)ccc2O[C@H]2O[C@@H](C)[C@H]3OC(C)(C)O[C@H]3[C@@H]2OS(=O)(=O)O)cc1. The second kappa shape index (κ2) is 13.9. The predicted molar refractivity (Wildman–Crippen MR) is 160 cm³/mol. The van der Waals surface area contributed by atoms with Crippen molar-refractivity contribution in [3.8, 4) is 17.2 Å². The number of rotatable bonds is 10. The van der Waals surface area contributed by atoms with Crippen molar-refractivity contribution in [2.75, 3.05) is 7.11 Å². The maximum absolute atomic E-state index is 12.2. The Morgan fingerprint density at radius 1 is 1.02 bits per heavy atom. The summed E-state index contributed by atoms with van der Waals surface area (Å²) in [4.78, 5) is 24.0. The Morgan fingerprint density at radius 3 is 2.33 bits per heavy atom. The molecule has 252 valence electrons. The number of benzene rings is 2. The van der Waals surface area contributed by atoms with E-state index in [1.54, 1.807) is 85.1 Å². The van der Waals surface area contributed by atoms with Crippen molar-refractivity contribution in [1.82, 2.24) is 0 Å². The highest BCUT2D eigenvalue weighted by molar-refractivity contribution is 7.80. The highest BCUT2D eigenvalue weighted by Gasteiger charge is 2.56. The molecule has 2 aromatic rings. The molecular formula is C31H38O14S. The summed E-state index contributed by atoms with van der Waals surface area (Å²) in [7, 11) is -3.42. The molecule has 0 aromatic heterocycles. The number of fused-ring (bicyclic) bond motifs is 1. The van der Waals surface area contributed by atoms with Crippen LogP contribution in [0.5, 0.6) is 17.2 Å². The summed E-state index contributed by atoms with van der Waals surface area (Å²) in [5, 5.41) is 0. The van der Waals surface area contributed by atoms with Gasteiger partial charge in [-0.25, -0.2) is 13.8 Å². The largest absolute Gasteiger partial charge is 0.516 e. The van der Waals surface area contributed by atoms with Crippen molar-refractivity contribution >= 4 is 28.6 Å². The van der Waals surface area contributed by atoms with Gasteiger partial charge in [-0.3, -0.25) is 4.55 Å². The van der Waals surface area contributed by atoms with E-state index in [0.29, 0.717) is 11.3 Å². The van der Waals surface area contributed by atoms with Crippen molar-refractivity contribution in [2.45, 2.75) is 90.2 Å². The van der Waals surface area contributed by atoms with E-state index in [0.717, 1.165) is 11.6 Å². The quantitative estimate of drug-likeness (QED) is 0.161. The van der Waals surface area contributed by atoms with Gasteiger partial charge >= 0.3 is 22.5 Å². The predicted octanol–water partition coefficient (Wildman–Crippen LogP) is 4.60. The molecule has 0 radical (unpaired) electrons. The fourth-order valence-corrected chi connectivity index (χ4v) is 5.17. The minimum Gasteiger partial charge on any atom is -0.497 e. The Balaban J connectivity index is 1.60. The smallest absolute Gasteiger partial charge is 0.497 e. The van der Waals surface area contributed by atoms with Crippen LogP contribution in [0.2, 0.25) is 0 Å². The molecule has 14 nitrogen and oxygen atoms in total.